The number of carbonyl (C=O) groups excluding carboxylic acids is 1. The number of ketones is 1. The zero-order valence-electron chi connectivity index (χ0n) is 9.45. The van der Waals surface area contributed by atoms with Crippen molar-refractivity contribution in [3.8, 4) is 0 Å². The van der Waals surface area contributed by atoms with Gasteiger partial charge in [-0.1, -0.05) is 0 Å². The van der Waals surface area contributed by atoms with Crippen LogP contribution in [0.2, 0.25) is 0 Å². The van der Waals surface area contributed by atoms with Crippen molar-refractivity contribution < 1.29 is 9.53 Å². The normalized spacial score (nSPS) is 12.7. The standard InChI is InChI=1S/C11H17NO2S/c1-8-7-15-11(12-8)6-10(13)5-4-9(2)14-3/h7,9H,4-6H2,1-3H3. The molecule has 1 aromatic heterocycles. The summed E-state index contributed by atoms with van der Waals surface area (Å²) in [6.07, 6.45) is 1.99. The molecule has 15 heavy (non-hydrogen) atoms. The van der Waals surface area contributed by atoms with Gasteiger partial charge in [-0.15, -0.1) is 11.3 Å². The number of nitrogens with zero attached hydrogens (tertiary/aromatic N) is 1. The zero-order chi connectivity index (χ0) is 11.3. The largest absolute Gasteiger partial charge is 0.382 e. The van der Waals surface area contributed by atoms with Gasteiger partial charge >= 0.3 is 0 Å². The maximum Gasteiger partial charge on any atom is 0.139 e. The van der Waals surface area contributed by atoms with Gasteiger partial charge in [-0.25, -0.2) is 4.98 Å². The van der Waals surface area contributed by atoms with E-state index in [1.807, 2.05) is 19.2 Å². The van der Waals surface area contributed by atoms with E-state index in [0.717, 1.165) is 17.1 Å². The molecule has 1 rings (SSSR count). The number of aryl methyl sites for hydroxylation is 1. The molecule has 0 bridgehead atoms. The minimum atomic E-state index is 0.159. The summed E-state index contributed by atoms with van der Waals surface area (Å²) in [6.45, 7) is 3.91. The molecule has 1 unspecified atom stereocenters. The lowest BCUT2D eigenvalue weighted by atomic mass is 10.1. The molecule has 3 nitrogen and oxygen atoms in total. The summed E-state index contributed by atoms with van der Waals surface area (Å²) in [5.74, 6) is 0.244. The van der Waals surface area contributed by atoms with E-state index < -0.39 is 0 Å². The van der Waals surface area contributed by atoms with Crippen LogP contribution in [0, 0.1) is 6.92 Å². The number of Topliss-reactive ketones (excluding diaryl/α,β-unsaturated/α-hetero) is 1. The number of ether oxygens (including phenoxy) is 1. The summed E-state index contributed by atoms with van der Waals surface area (Å²) in [7, 11) is 1.67. The van der Waals surface area contributed by atoms with E-state index in [-0.39, 0.29) is 11.9 Å². The van der Waals surface area contributed by atoms with Gasteiger partial charge in [-0.05, 0) is 20.3 Å². The van der Waals surface area contributed by atoms with Crippen molar-refractivity contribution in [1.29, 1.82) is 0 Å². The highest BCUT2D eigenvalue weighted by Gasteiger charge is 2.09. The average Bonchev–Trinajstić information content (AvgIpc) is 2.60. The first-order valence-corrected chi connectivity index (χ1v) is 5.95. The Bertz CT molecular complexity index is 322. The van der Waals surface area contributed by atoms with Crippen LogP contribution in [0.1, 0.15) is 30.5 Å². The molecule has 0 amide bonds. The fraction of sp³-hybridized carbons (Fsp3) is 0.636. The van der Waals surface area contributed by atoms with Crippen LogP contribution in [0.3, 0.4) is 0 Å². The Balaban J connectivity index is 2.30. The number of hydrogen-bond acceptors (Lipinski definition) is 4. The second kappa shape index (κ2) is 5.98. The van der Waals surface area contributed by atoms with Gasteiger partial charge < -0.3 is 4.74 Å². The predicted octanol–water partition coefficient (Wildman–Crippen LogP) is 2.38. The maximum atomic E-state index is 11.6. The Kier molecular flexibility index (Phi) is 4.91. The second-order valence-electron chi connectivity index (χ2n) is 3.68. The number of rotatable bonds is 6. The highest BCUT2D eigenvalue weighted by molar-refractivity contribution is 7.09. The van der Waals surface area contributed by atoms with Gasteiger partial charge in [0.2, 0.25) is 0 Å². The van der Waals surface area contributed by atoms with Gasteiger partial charge in [0, 0.05) is 24.6 Å². The van der Waals surface area contributed by atoms with Crippen molar-refractivity contribution in [2.75, 3.05) is 7.11 Å². The molecular weight excluding hydrogens is 210 g/mol. The molecule has 1 aromatic rings. The van der Waals surface area contributed by atoms with Crippen molar-refractivity contribution in [1.82, 2.24) is 4.98 Å². The molecule has 1 heterocycles. The lowest BCUT2D eigenvalue weighted by Gasteiger charge is -2.07. The molecule has 0 spiro atoms. The van der Waals surface area contributed by atoms with Crippen LogP contribution >= 0.6 is 11.3 Å². The molecule has 84 valence electrons. The van der Waals surface area contributed by atoms with Crippen molar-refractivity contribution in [2.24, 2.45) is 0 Å². The molecule has 0 aliphatic carbocycles. The lowest BCUT2D eigenvalue weighted by molar-refractivity contribution is -0.119. The van der Waals surface area contributed by atoms with Crippen LogP contribution in [0.4, 0.5) is 0 Å². The predicted molar refractivity (Wildman–Crippen MR) is 61.3 cm³/mol. The zero-order valence-corrected chi connectivity index (χ0v) is 10.3. The Labute approximate surface area is 94.5 Å². The molecule has 0 N–H and O–H groups in total. The molecule has 0 aromatic carbocycles. The van der Waals surface area contributed by atoms with Crippen molar-refractivity contribution >= 4 is 17.1 Å². The molecule has 4 heteroatoms. The van der Waals surface area contributed by atoms with Crippen molar-refractivity contribution in [3.05, 3.63) is 16.1 Å². The van der Waals surface area contributed by atoms with E-state index in [1.54, 1.807) is 18.4 Å². The van der Waals surface area contributed by atoms with E-state index in [9.17, 15) is 4.79 Å². The third-order valence-corrected chi connectivity index (χ3v) is 3.21. The van der Waals surface area contributed by atoms with Gasteiger partial charge in [0.15, 0.2) is 0 Å². The van der Waals surface area contributed by atoms with Crippen LogP contribution in [0.25, 0.3) is 0 Å². The van der Waals surface area contributed by atoms with Gasteiger partial charge in [0.05, 0.1) is 12.5 Å². The molecule has 0 radical (unpaired) electrons. The Morgan fingerprint density at radius 2 is 2.40 bits per heavy atom. The third kappa shape index (κ3) is 4.53. The van der Waals surface area contributed by atoms with Crippen LogP contribution in [-0.4, -0.2) is 24.0 Å². The van der Waals surface area contributed by atoms with Crippen LogP contribution in [0.5, 0.6) is 0 Å². The van der Waals surface area contributed by atoms with Crippen molar-refractivity contribution in [3.63, 3.8) is 0 Å². The monoisotopic (exact) mass is 227 g/mol. The molecular formula is C11H17NO2S. The van der Waals surface area contributed by atoms with Gasteiger partial charge in [-0.2, -0.15) is 0 Å². The van der Waals surface area contributed by atoms with Gasteiger partial charge in [-0.3, -0.25) is 4.79 Å². The second-order valence-corrected chi connectivity index (χ2v) is 4.63. The van der Waals surface area contributed by atoms with Gasteiger partial charge in [0.1, 0.15) is 10.8 Å². The quantitative estimate of drug-likeness (QED) is 0.749. The smallest absolute Gasteiger partial charge is 0.139 e. The van der Waals surface area contributed by atoms with E-state index in [2.05, 4.69) is 4.98 Å². The fourth-order valence-electron chi connectivity index (χ4n) is 1.22. The summed E-state index contributed by atoms with van der Waals surface area (Å²) in [4.78, 5) is 15.8. The van der Waals surface area contributed by atoms with Crippen molar-refractivity contribution in [2.45, 2.75) is 39.2 Å². The number of thiazole rings is 1. The Morgan fingerprint density at radius 3 is 2.93 bits per heavy atom. The summed E-state index contributed by atoms with van der Waals surface area (Å²) in [6, 6.07) is 0. The van der Waals surface area contributed by atoms with Crippen LogP contribution in [-0.2, 0) is 16.0 Å². The molecule has 0 aliphatic heterocycles. The lowest BCUT2D eigenvalue weighted by Crippen LogP contribution is -2.10. The summed E-state index contributed by atoms with van der Waals surface area (Å²) >= 11 is 1.55. The molecule has 0 saturated carbocycles. The highest BCUT2D eigenvalue weighted by Crippen LogP contribution is 2.11. The van der Waals surface area contributed by atoms with E-state index in [1.165, 1.54) is 0 Å². The number of methoxy groups -OCH3 is 1. The summed E-state index contributed by atoms with van der Waals surface area (Å²) < 4.78 is 5.09. The number of carbonyl (C=O) groups is 1. The average molecular weight is 227 g/mol. The molecule has 0 fully saturated rings. The summed E-state index contributed by atoms with van der Waals surface area (Å²) in [5, 5.41) is 2.89. The topological polar surface area (TPSA) is 39.2 Å². The Morgan fingerprint density at radius 1 is 1.67 bits per heavy atom. The first kappa shape index (κ1) is 12.3. The fourth-order valence-corrected chi connectivity index (χ4v) is 2.02. The van der Waals surface area contributed by atoms with Gasteiger partial charge in [0.25, 0.3) is 0 Å². The maximum absolute atomic E-state index is 11.6. The molecule has 0 saturated heterocycles. The first-order chi connectivity index (χ1) is 7.11. The number of aromatic nitrogens is 1. The van der Waals surface area contributed by atoms with E-state index in [0.29, 0.717) is 12.8 Å². The number of hydrogen-bond donors (Lipinski definition) is 0. The molecule has 0 aliphatic rings. The summed E-state index contributed by atoms with van der Waals surface area (Å²) in [5.41, 5.74) is 0.994. The minimum absolute atomic E-state index is 0.159. The Hall–Kier alpha value is -0.740. The van der Waals surface area contributed by atoms with Crippen LogP contribution < -0.4 is 0 Å². The highest BCUT2D eigenvalue weighted by atomic mass is 32.1. The minimum Gasteiger partial charge on any atom is -0.382 e. The third-order valence-electron chi connectivity index (χ3n) is 2.25. The van der Waals surface area contributed by atoms with E-state index >= 15 is 0 Å². The first-order valence-electron chi connectivity index (χ1n) is 5.07. The van der Waals surface area contributed by atoms with E-state index in [4.69, 9.17) is 4.74 Å². The SMILES string of the molecule is COC(C)CCC(=O)Cc1nc(C)cs1. The molecule has 1 atom stereocenters. The van der Waals surface area contributed by atoms with Crippen LogP contribution in [0.15, 0.2) is 5.38 Å².